The lowest BCUT2D eigenvalue weighted by Crippen LogP contribution is -2.53. The monoisotopic (exact) mass is 421 g/mol. The third-order valence-electron chi connectivity index (χ3n) is 5.90. The molecule has 9 heteroatoms. The third kappa shape index (κ3) is 5.93. The molecule has 2 aliphatic rings. The van der Waals surface area contributed by atoms with Crippen molar-refractivity contribution >= 4 is 34.2 Å². The summed E-state index contributed by atoms with van der Waals surface area (Å²) in [6.07, 6.45) is 7.40. The number of nitrogens with zero attached hydrogens (tertiary/aromatic N) is 1. The maximum absolute atomic E-state index is 12.6. The summed E-state index contributed by atoms with van der Waals surface area (Å²) in [7, 11) is 0. The molecular formula is C20H31N5O3S. The first kappa shape index (κ1) is 21.6. The second kappa shape index (κ2) is 10.1. The molecule has 1 unspecified atom stereocenters. The van der Waals surface area contributed by atoms with Gasteiger partial charge in [-0.25, -0.2) is 4.79 Å². The van der Waals surface area contributed by atoms with Gasteiger partial charge in [0.2, 0.25) is 5.91 Å². The number of rotatable bonds is 6. The van der Waals surface area contributed by atoms with Crippen LogP contribution < -0.4 is 21.7 Å². The Hall–Kier alpha value is -2.13. The second-order valence-electron chi connectivity index (χ2n) is 7.96. The highest BCUT2D eigenvalue weighted by molar-refractivity contribution is 7.14. The first-order valence-corrected chi connectivity index (χ1v) is 11.3. The zero-order valence-electron chi connectivity index (χ0n) is 16.9. The maximum Gasteiger partial charge on any atom is 0.315 e. The molecule has 160 valence electrons. The Balaban J connectivity index is 1.42. The minimum absolute atomic E-state index is 0.0715. The molecule has 29 heavy (non-hydrogen) atoms. The van der Waals surface area contributed by atoms with Crippen LogP contribution in [0.5, 0.6) is 0 Å². The van der Waals surface area contributed by atoms with Crippen LogP contribution in [0.25, 0.3) is 0 Å². The molecule has 1 atom stereocenters. The summed E-state index contributed by atoms with van der Waals surface area (Å²) >= 11 is 1.29. The average molecular weight is 422 g/mol. The Kier molecular flexibility index (Phi) is 7.49. The van der Waals surface area contributed by atoms with Gasteiger partial charge in [0.15, 0.2) is 0 Å². The molecule has 0 aromatic carbocycles. The lowest BCUT2D eigenvalue weighted by Gasteiger charge is -2.35. The van der Waals surface area contributed by atoms with Gasteiger partial charge >= 0.3 is 6.03 Å². The second-order valence-corrected chi connectivity index (χ2v) is 8.87. The van der Waals surface area contributed by atoms with E-state index in [2.05, 4.69) is 20.9 Å². The fourth-order valence-electron chi connectivity index (χ4n) is 4.07. The zero-order chi connectivity index (χ0) is 20.8. The fourth-order valence-corrected chi connectivity index (χ4v) is 4.87. The maximum atomic E-state index is 12.6. The Morgan fingerprint density at radius 3 is 2.31 bits per heavy atom. The summed E-state index contributed by atoms with van der Waals surface area (Å²) in [5, 5.41) is 11.2. The topological polar surface area (TPSA) is 117 Å². The largest absolute Gasteiger partial charge is 0.366 e. The molecule has 0 bridgehead atoms. The summed E-state index contributed by atoms with van der Waals surface area (Å²) in [5.41, 5.74) is 5.67. The molecule has 1 aromatic heterocycles. The van der Waals surface area contributed by atoms with E-state index in [9.17, 15) is 14.4 Å². The van der Waals surface area contributed by atoms with Gasteiger partial charge in [0, 0.05) is 25.2 Å². The number of anilines is 1. The van der Waals surface area contributed by atoms with Crippen LogP contribution in [0.2, 0.25) is 0 Å². The van der Waals surface area contributed by atoms with Gasteiger partial charge in [0.1, 0.15) is 5.00 Å². The number of thiophene rings is 1. The number of amides is 4. The minimum atomic E-state index is -0.549. The van der Waals surface area contributed by atoms with Crippen molar-refractivity contribution in [3.05, 3.63) is 17.0 Å². The van der Waals surface area contributed by atoms with Crippen molar-refractivity contribution in [1.29, 1.82) is 0 Å². The van der Waals surface area contributed by atoms with E-state index in [0.29, 0.717) is 16.6 Å². The number of hydrogen-bond donors (Lipinski definition) is 4. The smallest absolute Gasteiger partial charge is 0.315 e. The molecule has 1 aromatic rings. The molecule has 2 fully saturated rings. The first-order valence-electron chi connectivity index (χ1n) is 10.4. The van der Waals surface area contributed by atoms with Crippen LogP contribution in [0.1, 0.15) is 62.2 Å². The van der Waals surface area contributed by atoms with Crippen molar-refractivity contribution < 1.29 is 14.4 Å². The molecule has 3 rings (SSSR count). The molecule has 0 spiro atoms. The predicted molar refractivity (Wildman–Crippen MR) is 114 cm³/mol. The molecule has 1 aliphatic carbocycles. The van der Waals surface area contributed by atoms with Gasteiger partial charge in [0.05, 0.1) is 11.6 Å². The van der Waals surface area contributed by atoms with Crippen LogP contribution in [0.15, 0.2) is 11.4 Å². The van der Waals surface area contributed by atoms with Gasteiger partial charge in [0.25, 0.3) is 5.91 Å². The molecule has 1 saturated heterocycles. The summed E-state index contributed by atoms with van der Waals surface area (Å²) < 4.78 is 0. The van der Waals surface area contributed by atoms with Crippen molar-refractivity contribution in [3.8, 4) is 0 Å². The third-order valence-corrected chi connectivity index (χ3v) is 6.73. The van der Waals surface area contributed by atoms with Gasteiger partial charge in [-0.15, -0.1) is 11.3 Å². The van der Waals surface area contributed by atoms with Crippen molar-refractivity contribution in [1.82, 2.24) is 15.5 Å². The molecule has 2 heterocycles. The van der Waals surface area contributed by atoms with Crippen LogP contribution >= 0.6 is 11.3 Å². The number of nitrogens with two attached hydrogens (primary N) is 1. The highest BCUT2D eigenvalue weighted by atomic mass is 32.1. The lowest BCUT2D eigenvalue weighted by molar-refractivity contribution is -0.121. The number of hydrogen-bond acceptors (Lipinski definition) is 5. The number of carbonyl (C=O) groups is 3. The van der Waals surface area contributed by atoms with Gasteiger partial charge in [-0.05, 0) is 44.1 Å². The van der Waals surface area contributed by atoms with E-state index in [1.807, 2.05) is 6.92 Å². The van der Waals surface area contributed by atoms with E-state index >= 15 is 0 Å². The number of nitrogens with one attached hydrogen (secondary N) is 3. The summed E-state index contributed by atoms with van der Waals surface area (Å²) in [6, 6.07) is 1.65. The fraction of sp³-hybridized carbons (Fsp3) is 0.650. The van der Waals surface area contributed by atoms with E-state index < -0.39 is 5.91 Å². The van der Waals surface area contributed by atoms with E-state index in [1.165, 1.54) is 30.6 Å². The van der Waals surface area contributed by atoms with Crippen LogP contribution in [-0.2, 0) is 4.79 Å². The number of piperidine rings is 1. The summed E-state index contributed by atoms with van der Waals surface area (Å²) in [6.45, 7) is 3.32. The molecule has 1 aliphatic heterocycles. The number of likely N-dealkylation sites (tertiary alicyclic amines) is 1. The molecular weight excluding hydrogens is 390 g/mol. The number of primary amides is 1. The first-order chi connectivity index (χ1) is 13.9. The average Bonchev–Trinajstić information content (AvgIpc) is 3.17. The highest BCUT2D eigenvalue weighted by Crippen LogP contribution is 2.24. The molecule has 0 radical (unpaired) electrons. The Bertz CT molecular complexity index is 723. The van der Waals surface area contributed by atoms with Gasteiger partial charge in [-0.2, -0.15) is 0 Å². The Morgan fingerprint density at radius 2 is 1.69 bits per heavy atom. The minimum Gasteiger partial charge on any atom is -0.366 e. The van der Waals surface area contributed by atoms with E-state index in [-0.39, 0.29) is 24.0 Å². The highest BCUT2D eigenvalue weighted by Gasteiger charge is 2.28. The standard InChI is InChI=1S/C20H31N5O3S/c1-13(18(27)24-19-16(17(21)26)9-12-29-19)25-10-7-15(8-11-25)23-20(28)22-14-5-3-2-4-6-14/h9,12-15H,2-8,10-11H2,1H3,(H2,21,26)(H,24,27)(H2,22,23,28). The normalized spacial score (nSPS) is 20.0. The van der Waals surface area contributed by atoms with Gasteiger partial charge in [-0.3, -0.25) is 14.5 Å². The van der Waals surface area contributed by atoms with Crippen molar-refractivity contribution in [2.24, 2.45) is 5.73 Å². The molecule has 8 nitrogen and oxygen atoms in total. The van der Waals surface area contributed by atoms with E-state index in [4.69, 9.17) is 5.73 Å². The summed E-state index contributed by atoms with van der Waals surface area (Å²) in [4.78, 5) is 38.3. The van der Waals surface area contributed by atoms with Crippen LogP contribution in [0.4, 0.5) is 9.80 Å². The van der Waals surface area contributed by atoms with Crippen LogP contribution in [0, 0.1) is 0 Å². The van der Waals surface area contributed by atoms with Gasteiger partial charge < -0.3 is 21.7 Å². The zero-order valence-corrected chi connectivity index (χ0v) is 17.7. The molecule has 4 amide bonds. The van der Waals surface area contributed by atoms with Crippen molar-refractivity contribution in [2.75, 3.05) is 18.4 Å². The van der Waals surface area contributed by atoms with E-state index in [0.717, 1.165) is 38.8 Å². The lowest BCUT2D eigenvalue weighted by atomic mass is 9.96. The Labute approximate surface area is 175 Å². The number of urea groups is 1. The molecule has 1 saturated carbocycles. The SMILES string of the molecule is CC(C(=O)Nc1sccc1C(N)=O)N1CCC(NC(=O)NC2CCCCC2)CC1. The van der Waals surface area contributed by atoms with Gasteiger partial charge in [-0.1, -0.05) is 19.3 Å². The predicted octanol–water partition coefficient (Wildman–Crippen LogP) is 2.27. The Morgan fingerprint density at radius 1 is 1.07 bits per heavy atom. The van der Waals surface area contributed by atoms with E-state index in [1.54, 1.807) is 11.4 Å². The number of carbonyl (C=O) groups excluding carboxylic acids is 3. The summed E-state index contributed by atoms with van der Waals surface area (Å²) in [5.74, 6) is -0.705. The van der Waals surface area contributed by atoms with Crippen LogP contribution in [0.3, 0.4) is 0 Å². The van der Waals surface area contributed by atoms with Crippen molar-refractivity contribution in [3.63, 3.8) is 0 Å². The quantitative estimate of drug-likeness (QED) is 0.564. The van der Waals surface area contributed by atoms with Crippen LogP contribution in [-0.4, -0.2) is 54.0 Å². The molecule has 5 N–H and O–H groups in total. The van der Waals surface area contributed by atoms with Crippen molar-refractivity contribution in [2.45, 2.75) is 70.0 Å².